The van der Waals surface area contributed by atoms with Gasteiger partial charge in [-0.3, -0.25) is 14.2 Å². The number of methoxy groups -OCH3 is 1. The van der Waals surface area contributed by atoms with Gasteiger partial charge in [-0.15, -0.1) is 22.6 Å². The van der Waals surface area contributed by atoms with Crippen molar-refractivity contribution in [3.05, 3.63) is 78.4 Å². The molecule has 1 aromatic heterocycles. The van der Waals surface area contributed by atoms with Gasteiger partial charge in [-0.2, -0.15) is 0 Å². The van der Waals surface area contributed by atoms with Gasteiger partial charge in [0.15, 0.2) is 11.0 Å². The normalized spacial score (nSPS) is 10.4. The average molecular weight is 552 g/mol. The van der Waals surface area contributed by atoms with E-state index in [1.54, 1.807) is 13.2 Å². The van der Waals surface area contributed by atoms with E-state index in [4.69, 9.17) is 4.74 Å². The Morgan fingerprint density at radius 1 is 0.947 bits per heavy atom. The van der Waals surface area contributed by atoms with Crippen molar-refractivity contribution in [1.29, 1.82) is 0 Å². The number of hydrogen-bond donors (Lipinski definition) is 2. The minimum atomic E-state index is -0.182. The summed E-state index contributed by atoms with van der Waals surface area (Å²) in [6.07, 6.45) is 1.22. The zero-order valence-corrected chi connectivity index (χ0v) is 23.1. The molecular formula is C28H30ClN5O3S. The number of aryl methyl sites for hydroxylation is 1. The van der Waals surface area contributed by atoms with E-state index in [0.29, 0.717) is 28.8 Å². The first-order valence-corrected chi connectivity index (χ1v) is 13.0. The van der Waals surface area contributed by atoms with Gasteiger partial charge in [0, 0.05) is 29.0 Å². The van der Waals surface area contributed by atoms with Gasteiger partial charge in [-0.1, -0.05) is 43.0 Å². The number of carbonyl (C=O) groups excluding carboxylic acids is 2. The van der Waals surface area contributed by atoms with Crippen LogP contribution < -0.4 is 15.4 Å². The second-order valence-corrected chi connectivity index (χ2v) is 9.31. The zero-order valence-electron chi connectivity index (χ0n) is 21.4. The number of halogens is 1. The molecule has 0 saturated heterocycles. The smallest absolute Gasteiger partial charge is 0.234 e. The van der Waals surface area contributed by atoms with Gasteiger partial charge < -0.3 is 15.4 Å². The Morgan fingerprint density at radius 2 is 1.68 bits per heavy atom. The molecule has 1 heterocycles. The SMILES string of the molecule is CCCC(=O)Nc1ccc(C)c(NC(=O)CSc2nnc(-c3ccc(OC)cc3)n2-c2ccccc2)c1.Cl. The summed E-state index contributed by atoms with van der Waals surface area (Å²) in [4.78, 5) is 24.8. The van der Waals surface area contributed by atoms with E-state index in [-0.39, 0.29) is 30.0 Å². The van der Waals surface area contributed by atoms with Crippen LogP contribution in [0.4, 0.5) is 11.4 Å². The van der Waals surface area contributed by atoms with Crippen LogP contribution in [-0.2, 0) is 9.59 Å². The molecule has 0 aliphatic heterocycles. The van der Waals surface area contributed by atoms with Crippen molar-refractivity contribution in [2.45, 2.75) is 31.8 Å². The second-order valence-electron chi connectivity index (χ2n) is 8.37. The summed E-state index contributed by atoms with van der Waals surface area (Å²) < 4.78 is 7.21. The lowest BCUT2D eigenvalue weighted by Gasteiger charge is -2.12. The number of amides is 2. The minimum Gasteiger partial charge on any atom is -0.497 e. The van der Waals surface area contributed by atoms with Crippen LogP contribution in [-0.4, -0.2) is 39.4 Å². The Bertz CT molecular complexity index is 1380. The molecule has 38 heavy (non-hydrogen) atoms. The molecule has 0 aliphatic carbocycles. The van der Waals surface area contributed by atoms with Crippen molar-refractivity contribution in [2.24, 2.45) is 0 Å². The standard InChI is InChI=1S/C28H29N5O3S.ClH/c1-4-8-25(34)29-21-14-11-19(2)24(17-21)30-26(35)18-37-28-32-31-27(20-12-15-23(36-3)16-13-20)33(28)22-9-6-5-7-10-22;/h5-7,9-17H,4,8,18H2,1-3H3,(H,29,34)(H,30,35);1H. The van der Waals surface area contributed by atoms with Crippen LogP contribution in [0.3, 0.4) is 0 Å². The fraction of sp³-hybridized carbons (Fsp3) is 0.214. The third kappa shape index (κ3) is 7.14. The summed E-state index contributed by atoms with van der Waals surface area (Å²) in [6.45, 7) is 3.87. The predicted molar refractivity (Wildman–Crippen MR) is 155 cm³/mol. The fourth-order valence-corrected chi connectivity index (χ4v) is 4.45. The molecule has 0 saturated carbocycles. The number of nitrogens with zero attached hydrogens (tertiary/aromatic N) is 3. The highest BCUT2D eigenvalue weighted by Crippen LogP contribution is 2.29. The molecular weight excluding hydrogens is 522 g/mol. The molecule has 198 valence electrons. The lowest BCUT2D eigenvalue weighted by Crippen LogP contribution is -2.16. The van der Waals surface area contributed by atoms with E-state index < -0.39 is 0 Å². The van der Waals surface area contributed by atoms with Crippen LogP contribution in [0.1, 0.15) is 25.3 Å². The number of carbonyl (C=O) groups is 2. The Kier molecular flexibility index (Phi) is 10.3. The van der Waals surface area contributed by atoms with Crippen molar-refractivity contribution in [3.8, 4) is 22.8 Å². The summed E-state index contributed by atoms with van der Waals surface area (Å²) in [6, 6.07) is 22.9. The second kappa shape index (κ2) is 13.6. The Labute approximate surface area is 232 Å². The number of anilines is 2. The Balaban J connectivity index is 0.00000400. The number of thioether (sulfide) groups is 1. The van der Waals surface area contributed by atoms with E-state index >= 15 is 0 Å². The van der Waals surface area contributed by atoms with E-state index in [1.807, 2.05) is 85.1 Å². The van der Waals surface area contributed by atoms with Gasteiger partial charge in [0.25, 0.3) is 0 Å². The Hall–Kier alpha value is -3.82. The largest absolute Gasteiger partial charge is 0.497 e. The highest BCUT2D eigenvalue weighted by Gasteiger charge is 2.18. The molecule has 8 nitrogen and oxygen atoms in total. The van der Waals surface area contributed by atoms with Crippen LogP contribution in [0.2, 0.25) is 0 Å². The van der Waals surface area contributed by atoms with Crippen molar-refractivity contribution in [3.63, 3.8) is 0 Å². The van der Waals surface area contributed by atoms with Crippen LogP contribution in [0, 0.1) is 6.92 Å². The number of hydrogen-bond acceptors (Lipinski definition) is 6. The molecule has 0 aliphatic rings. The monoisotopic (exact) mass is 551 g/mol. The van der Waals surface area contributed by atoms with Gasteiger partial charge in [0.1, 0.15) is 5.75 Å². The van der Waals surface area contributed by atoms with E-state index in [0.717, 1.165) is 29.0 Å². The van der Waals surface area contributed by atoms with Crippen molar-refractivity contribution in [2.75, 3.05) is 23.5 Å². The highest BCUT2D eigenvalue weighted by molar-refractivity contribution is 7.99. The van der Waals surface area contributed by atoms with Crippen LogP contribution in [0.5, 0.6) is 5.75 Å². The van der Waals surface area contributed by atoms with Crippen LogP contribution >= 0.6 is 24.2 Å². The van der Waals surface area contributed by atoms with Gasteiger partial charge in [-0.25, -0.2) is 0 Å². The van der Waals surface area contributed by atoms with Crippen molar-refractivity contribution >= 4 is 47.4 Å². The van der Waals surface area contributed by atoms with Crippen molar-refractivity contribution in [1.82, 2.24) is 14.8 Å². The first-order chi connectivity index (χ1) is 18.0. The first kappa shape index (κ1) is 28.7. The molecule has 4 rings (SSSR count). The third-order valence-electron chi connectivity index (χ3n) is 5.60. The number of ether oxygens (including phenoxy) is 1. The average Bonchev–Trinajstić information content (AvgIpc) is 3.34. The van der Waals surface area contributed by atoms with Gasteiger partial charge in [0.05, 0.1) is 12.9 Å². The van der Waals surface area contributed by atoms with E-state index in [9.17, 15) is 9.59 Å². The van der Waals surface area contributed by atoms with Crippen LogP contribution in [0.25, 0.3) is 17.1 Å². The first-order valence-electron chi connectivity index (χ1n) is 12.0. The number of benzene rings is 3. The topological polar surface area (TPSA) is 98.1 Å². The quantitative estimate of drug-likeness (QED) is 0.230. The van der Waals surface area contributed by atoms with Gasteiger partial charge in [0.2, 0.25) is 11.8 Å². The molecule has 4 aromatic rings. The number of aromatic nitrogens is 3. The molecule has 2 N–H and O–H groups in total. The molecule has 0 radical (unpaired) electrons. The number of para-hydroxylation sites is 1. The molecule has 10 heteroatoms. The molecule has 0 fully saturated rings. The van der Waals surface area contributed by atoms with Gasteiger partial charge in [-0.05, 0) is 67.4 Å². The predicted octanol–water partition coefficient (Wildman–Crippen LogP) is 6.14. The third-order valence-corrected chi connectivity index (χ3v) is 6.53. The van der Waals surface area contributed by atoms with Gasteiger partial charge >= 0.3 is 0 Å². The molecule has 0 atom stereocenters. The summed E-state index contributed by atoms with van der Waals surface area (Å²) >= 11 is 1.30. The lowest BCUT2D eigenvalue weighted by molar-refractivity contribution is -0.116. The summed E-state index contributed by atoms with van der Waals surface area (Å²) in [5, 5.41) is 15.2. The molecule has 3 aromatic carbocycles. The zero-order chi connectivity index (χ0) is 26.2. The molecule has 2 amide bonds. The van der Waals surface area contributed by atoms with Crippen LogP contribution in [0.15, 0.2) is 78.0 Å². The number of rotatable bonds is 10. The lowest BCUT2D eigenvalue weighted by atomic mass is 10.1. The molecule has 0 unspecified atom stereocenters. The molecule has 0 bridgehead atoms. The maximum absolute atomic E-state index is 12.9. The maximum Gasteiger partial charge on any atom is 0.234 e. The molecule has 0 spiro atoms. The fourth-order valence-electron chi connectivity index (χ4n) is 3.70. The van der Waals surface area contributed by atoms with E-state index in [2.05, 4.69) is 20.8 Å². The summed E-state index contributed by atoms with van der Waals surface area (Å²) in [5.74, 6) is 1.33. The van der Waals surface area contributed by atoms with E-state index in [1.165, 1.54) is 11.8 Å². The number of nitrogens with one attached hydrogen (secondary N) is 2. The highest BCUT2D eigenvalue weighted by atomic mass is 35.5. The van der Waals surface area contributed by atoms with Crippen molar-refractivity contribution < 1.29 is 14.3 Å². The maximum atomic E-state index is 12.9. The summed E-state index contributed by atoms with van der Waals surface area (Å²) in [5.41, 5.74) is 3.99. The Morgan fingerprint density at radius 3 is 2.37 bits per heavy atom. The minimum absolute atomic E-state index is 0. The summed E-state index contributed by atoms with van der Waals surface area (Å²) in [7, 11) is 1.63.